The van der Waals surface area contributed by atoms with Gasteiger partial charge in [-0.3, -0.25) is 4.79 Å². The largest absolute Gasteiger partial charge is 0.331 e. The van der Waals surface area contributed by atoms with Crippen molar-refractivity contribution < 1.29 is 4.79 Å². The molecule has 0 aliphatic heterocycles. The molecule has 0 bridgehead atoms. The minimum absolute atomic E-state index is 0.0833. The van der Waals surface area contributed by atoms with Crippen molar-refractivity contribution in [1.82, 2.24) is 4.90 Å². The van der Waals surface area contributed by atoms with E-state index in [-0.39, 0.29) is 11.9 Å². The Morgan fingerprint density at radius 1 is 1.14 bits per heavy atom. The third kappa shape index (κ3) is 3.50. The summed E-state index contributed by atoms with van der Waals surface area (Å²) >= 11 is 5.92. The normalized spacial score (nSPS) is 15.4. The number of amides is 1. The number of nitrogens with zero attached hydrogens (tertiary/aromatic N) is 1. The molecular weight excluding hydrogens is 294 g/mol. The van der Waals surface area contributed by atoms with Gasteiger partial charge in [-0.15, -0.1) is 0 Å². The predicted octanol–water partition coefficient (Wildman–Crippen LogP) is 4.78. The van der Waals surface area contributed by atoms with Crippen molar-refractivity contribution >= 4 is 17.5 Å². The van der Waals surface area contributed by atoms with Crippen molar-refractivity contribution in [3.05, 3.63) is 70.7 Å². The summed E-state index contributed by atoms with van der Waals surface area (Å²) in [6.07, 6.45) is 2.45. The summed E-state index contributed by atoms with van der Waals surface area (Å²) in [7, 11) is 0. The van der Waals surface area contributed by atoms with Crippen LogP contribution in [0.5, 0.6) is 0 Å². The first kappa shape index (κ1) is 15.1. The van der Waals surface area contributed by atoms with Crippen LogP contribution in [0.3, 0.4) is 0 Å². The molecule has 0 spiro atoms. The zero-order valence-corrected chi connectivity index (χ0v) is 13.5. The highest BCUT2D eigenvalue weighted by molar-refractivity contribution is 6.30. The molecule has 2 nitrogen and oxygen atoms in total. The van der Waals surface area contributed by atoms with Crippen LogP contribution in [-0.4, -0.2) is 16.8 Å². The molecule has 2 aromatic rings. The first-order valence-corrected chi connectivity index (χ1v) is 8.13. The number of hydrogen-bond donors (Lipinski definition) is 0. The fourth-order valence-corrected chi connectivity index (χ4v) is 2.90. The molecule has 1 aliphatic rings. The second-order valence-electron chi connectivity index (χ2n) is 6.00. The third-order valence-electron chi connectivity index (χ3n) is 4.34. The van der Waals surface area contributed by atoms with Gasteiger partial charge in [0, 0.05) is 23.2 Å². The molecule has 1 fully saturated rings. The van der Waals surface area contributed by atoms with Crippen LogP contribution in [0.25, 0.3) is 0 Å². The van der Waals surface area contributed by atoms with Crippen molar-refractivity contribution in [2.75, 3.05) is 0 Å². The zero-order valence-electron chi connectivity index (χ0n) is 12.7. The Bertz CT molecular complexity index is 634. The SMILES string of the molecule is C[C@H](C1CC1)N(Cc1ccccc1)C(=O)c1ccc(Cl)cc1. The van der Waals surface area contributed by atoms with Crippen LogP contribution in [0.2, 0.25) is 5.02 Å². The van der Waals surface area contributed by atoms with Crippen LogP contribution >= 0.6 is 11.6 Å². The van der Waals surface area contributed by atoms with Crippen LogP contribution in [0.15, 0.2) is 54.6 Å². The molecule has 1 amide bonds. The number of halogens is 1. The maximum Gasteiger partial charge on any atom is 0.254 e. The summed E-state index contributed by atoms with van der Waals surface area (Å²) in [5.41, 5.74) is 1.87. The number of rotatable bonds is 5. The van der Waals surface area contributed by atoms with Crippen LogP contribution in [0, 0.1) is 5.92 Å². The van der Waals surface area contributed by atoms with Crippen LogP contribution in [0.1, 0.15) is 35.7 Å². The Morgan fingerprint density at radius 3 is 2.36 bits per heavy atom. The first-order valence-electron chi connectivity index (χ1n) is 7.75. The Morgan fingerprint density at radius 2 is 1.77 bits per heavy atom. The van der Waals surface area contributed by atoms with Crippen molar-refractivity contribution in [2.45, 2.75) is 32.4 Å². The average Bonchev–Trinajstić information content (AvgIpc) is 3.38. The predicted molar refractivity (Wildman–Crippen MR) is 90.0 cm³/mol. The van der Waals surface area contributed by atoms with Gasteiger partial charge in [0.25, 0.3) is 5.91 Å². The molecule has 2 aromatic carbocycles. The Labute approximate surface area is 136 Å². The second-order valence-corrected chi connectivity index (χ2v) is 6.44. The summed E-state index contributed by atoms with van der Waals surface area (Å²) in [6, 6.07) is 17.6. The lowest BCUT2D eigenvalue weighted by Crippen LogP contribution is -2.39. The van der Waals surface area contributed by atoms with E-state index in [2.05, 4.69) is 19.1 Å². The van der Waals surface area contributed by atoms with E-state index in [9.17, 15) is 4.79 Å². The summed E-state index contributed by atoms with van der Waals surface area (Å²) in [4.78, 5) is 14.9. The molecule has 0 heterocycles. The average molecular weight is 314 g/mol. The van der Waals surface area contributed by atoms with Crippen LogP contribution < -0.4 is 0 Å². The topological polar surface area (TPSA) is 20.3 Å². The monoisotopic (exact) mass is 313 g/mol. The van der Waals surface area contributed by atoms with E-state index in [4.69, 9.17) is 11.6 Å². The number of carbonyl (C=O) groups is 1. The highest BCUT2D eigenvalue weighted by atomic mass is 35.5. The van der Waals surface area contributed by atoms with Gasteiger partial charge in [0.2, 0.25) is 0 Å². The van der Waals surface area contributed by atoms with Crippen LogP contribution in [-0.2, 0) is 6.54 Å². The van der Waals surface area contributed by atoms with Gasteiger partial charge < -0.3 is 4.90 Å². The first-order chi connectivity index (χ1) is 10.6. The molecule has 114 valence electrons. The standard InChI is InChI=1S/C19H20ClNO/c1-14(16-7-8-16)21(13-15-5-3-2-4-6-15)19(22)17-9-11-18(20)12-10-17/h2-6,9-12,14,16H,7-8,13H2,1H3/t14-/m1/s1. The smallest absolute Gasteiger partial charge is 0.254 e. The van der Waals surface area contributed by atoms with Crippen molar-refractivity contribution in [3.63, 3.8) is 0 Å². The fraction of sp³-hybridized carbons (Fsp3) is 0.316. The van der Waals surface area contributed by atoms with E-state index >= 15 is 0 Å². The van der Waals surface area contributed by atoms with Gasteiger partial charge in [0.1, 0.15) is 0 Å². The number of carbonyl (C=O) groups excluding carboxylic acids is 1. The lowest BCUT2D eigenvalue weighted by atomic mass is 10.1. The van der Waals surface area contributed by atoms with E-state index in [1.807, 2.05) is 35.2 Å². The molecule has 3 rings (SSSR count). The summed E-state index contributed by atoms with van der Waals surface area (Å²) in [5.74, 6) is 0.722. The minimum Gasteiger partial charge on any atom is -0.331 e. The minimum atomic E-state index is 0.0833. The van der Waals surface area contributed by atoms with E-state index in [0.717, 1.165) is 5.56 Å². The molecule has 1 aliphatic carbocycles. The maximum atomic E-state index is 12.9. The Balaban J connectivity index is 1.84. The van der Waals surface area contributed by atoms with Gasteiger partial charge >= 0.3 is 0 Å². The molecule has 22 heavy (non-hydrogen) atoms. The van der Waals surface area contributed by atoms with E-state index in [1.165, 1.54) is 12.8 Å². The van der Waals surface area contributed by atoms with Gasteiger partial charge in [-0.1, -0.05) is 41.9 Å². The third-order valence-corrected chi connectivity index (χ3v) is 4.60. The van der Waals surface area contributed by atoms with Gasteiger partial charge in [0.15, 0.2) is 0 Å². The Hall–Kier alpha value is -1.80. The zero-order chi connectivity index (χ0) is 15.5. The lowest BCUT2D eigenvalue weighted by molar-refractivity contribution is 0.0654. The van der Waals surface area contributed by atoms with Crippen molar-refractivity contribution in [2.24, 2.45) is 5.92 Å². The number of hydrogen-bond acceptors (Lipinski definition) is 1. The van der Waals surface area contributed by atoms with E-state index in [1.54, 1.807) is 12.1 Å². The lowest BCUT2D eigenvalue weighted by Gasteiger charge is -2.30. The highest BCUT2D eigenvalue weighted by Crippen LogP contribution is 2.36. The quantitative estimate of drug-likeness (QED) is 0.778. The van der Waals surface area contributed by atoms with Gasteiger partial charge in [-0.25, -0.2) is 0 Å². The molecule has 3 heteroatoms. The summed E-state index contributed by atoms with van der Waals surface area (Å²) < 4.78 is 0. The van der Waals surface area contributed by atoms with Gasteiger partial charge in [0.05, 0.1) is 0 Å². The molecule has 1 atom stereocenters. The number of benzene rings is 2. The molecule has 0 saturated heterocycles. The van der Waals surface area contributed by atoms with E-state index in [0.29, 0.717) is 23.0 Å². The molecule has 0 unspecified atom stereocenters. The van der Waals surface area contributed by atoms with E-state index < -0.39 is 0 Å². The van der Waals surface area contributed by atoms with Crippen LogP contribution in [0.4, 0.5) is 0 Å². The second kappa shape index (κ2) is 6.53. The van der Waals surface area contributed by atoms with Gasteiger partial charge in [-0.05, 0) is 55.5 Å². The van der Waals surface area contributed by atoms with Gasteiger partial charge in [-0.2, -0.15) is 0 Å². The fourth-order valence-electron chi connectivity index (χ4n) is 2.77. The highest BCUT2D eigenvalue weighted by Gasteiger charge is 2.34. The molecule has 1 saturated carbocycles. The summed E-state index contributed by atoms with van der Waals surface area (Å²) in [6.45, 7) is 2.81. The molecular formula is C19H20ClNO. The maximum absolute atomic E-state index is 12.9. The van der Waals surface area contributed by atoms with Crippen molar-refractivity contribution in [1.29, 1.82) is 0 Å². The summed E-state index contributed by atoms with van der Waals surface area (Å²) in [5, 5.41) is 0.654. The molecule has 0 aromatic heterocycles. The molecule has 0 radical (unpaired) electrons. The Kier molecular flexibility index (Phi) is 4.49. The molecule has 0 N–H and O–H groups in total. The van der Waals surface area contributed by atoms with Crippen molar-refractivity contribution in [3.8, 4) is 0 Å².